The second-order valence-corrected chi connectivity index (χ2v) is 5.81. The van der Waals surface area contributed by atoms with Gasteiger partial charge in [-0.15, -0.1) is 24.8 Å². The second kappa shape index (κ2) is 9.26. The fourth-order valence-electron chi connectivity index (χ4n) is 3.14. The van der Waals surface area contributed by atoms with Crippen molar-refractivity contribution in [3.05, 3.63) is 40.4 Å². The number of aryl methyl sites for hydroxylation is 1. The average Bonchev–Trinajstić information content (AvgIpc) is 2.54. The van der Waals surface area contributed by atoms with E-state index in [1.807, 2.05) is 28.8 Å². The molecule has 0 amide bonds. The molecule has 0 unspecified atom stereocenters. The number of hydrogen-bond acceptors (Lipinski definition) is 3. The summed E-state index contributed by atoms with van der Waals surface area (Å²) in [6, 6.07) is 8.00. The maximum absolute atomic E-state index is 12.9. The van der Waals surface area contributed by atoms with Crippen LogP contribution in [0.25, 0.3) is 10.9 Å². The van der Waals surface area contributed by atoms with Gasteiger partial charge in [-0.3, -0.25) is 9.36 Å². The lowest BCUT2D eigenvalue weighted by Crippen LogP contribution is -2.36. The highest BCUT2D eigenvalue weighted by Crippen LogP contribution is 2.20. The summed E-state index contributed by atoms with van der Waals surface area (Å²) in [5.41, 5.74) is 0.970. The predicted molar refractivity (Wildman–Crippen MR) is 100 cm³/mol. The molecule has 2 heterocycles. The van der Waals surface area contributed by atoms with Crippen molar-refractivity contribution in [2.75, 3.05) is 13.1 Å². The van der Waals surface area contributed by atoms with E-state index in [2.05, 4.69) is 12.2 Å². The highest BCUT2D eigenvalue weighted by atomic mass is 35.5. The largest absolute Gasteiger partial charge is 0.317 e. The molecule has 0 radical (unpaired) electrons. The van der Waals surface area contributed by atoms with Crippen molar-refractivity contribution in [1.82, 2.24) is 14.9 Å². The van der Waals surface area contributed by atoms with Crippen molar-refractivity contribution in [1.29, 1.82) is 0 Å². The van der Waals surface area contributed by atoms with Crippen LogP contribution in [-0.4, -0.2) is 22.6 Å². The van der Waals surface area contributed by atoms with Gasteiger partial charge in [-0.2, -0.15) is 0 Å². The molecule has 1 saturated heterocycles. The van der Waals surface area contributed by atoms with E-state index >= 15 is 0 Å². The number of benzene rings is 1. The van der Waals surface area contributed by atoms with Gasteiger partial charge in [-0.05, 0) is 44.5 Å². The van der Waals surface area contributed by atoms with Gasteiger partial charge in [-0.25, -0.2) is 4.98 Å². The van der Waals surface area contributed by atoms with E-state index in [4.69, 9.17) is 4.98 Å². The Morgan fingerprint density at radius 1 is 1.22 bits per heavy atom. The van der Waals surface area contributed by atoms with E-state index in [-0.39, 0.29) is 30.4 Å². The number of unbranched alkanes of at least 4 members (excludes halogenated alkanes) is 1. The summed E-state index contributed by atoms with van der Waals surface area (Å²) < 4.78 is 1.98. The monoisotopic (exact) mass is 357 g/mol. The van der Waals surface area contributed by atoms with E-state index < -0.39 is 0 Å². The number of hydrogen-bond donors (Lipinski definition) is 1. The normalized spacial score (nSPS) is 15.0. The highest BCUT2D eigenvalue weighted by Gasteiger charge is 2.20. The van der Waals surface area contributed by atoms with Crippen LogP contribution >= 0.6 is 24.8 Å². The van der Waals surface area contributed by atoms with Gasteiger partial charge in [0.25, 0.3) is 5.56 Å². The lowest BCUT2D eigenvalue weighted by molar-refractivity contribution is 0.349. The number of fused-ring (bicyclic) bond motifs is 1. The van der Waals surface area contributed by atoms with Gasteiger partial charge in [0.15, 0.2) is 0 Å². The van der Waals surface area contributed by atoms with E-state index in [1.54, 1.807) is 0 Å². The molecule has 0 aliphatic carbocycles. The summed E-state index contributed by atoms with van der Waals surface area (Å²) in [6.45, 7) is 4.14. The summed E-state index contributed by atoms with van der Waals surface area (Å²) in [4.78, 5) is 17.7. The van der Waals surface area contributed by atoms with Crippen LogP contribution in [0.4, 0.5) is 0 Å². The molecule has 0 bridgehead atoms. The number of aromatic nitrogens is 2. The molecule has 0 atom stereocenters. The molecule has 128 valence electrons. The summed E-state index contributed by atoms with van der Waals surface area (Å²) in [5.74, 6) is 0.965. The molecule has 1 aliphatic heterocycles. The summed E-state index contributed by atoms with van der Waals surface area (Å²) in [5, 5.41) is 4.11. The zero-order valence-corrected chi connectivity index (χ0v) is 15.1. The second-order valence-electron chi connectivity index (χ2n) is 5.81. The lowest BCUT2D eigenvalue weighted by atomic mass is 10.1. The number of rotatable bonds is 4. The number of para-hydroxylation sites is 1. The van der Waals surface area contributed by atoms with Crippen molar-refractivity contribution in [2.45, 2.75) is 45.1 Å². The Morgan fingerprint density at radius 2 is 1.91 bits per heavy atom. The van der Waals surface area contributed by atoms with Gasteiger partial charge >= 0.3 is 0 Å². The summed E-state index contributed by atoms with van der Waals surface area (Å²) in [7, 11) is 0. The Morgan fingerprint density at radius 3 is 2.61 bits per heavy atom. The minimum Gasteiger partial charge on any atom is -0.317 e. The minimum absolute atomic E-state index is 0. The first kappa shape index (κ1) is 19.9. The van der Waals surface area contributed by atoms with Crippen molar-refractivity contribution < 1.29 is 0 Å². The zero-order valence-electron chi connectivity index (χ0n) is 13.5. The number of halogens is 2. The standard InChI is InChI=1S/C17H23N3O.2ClH/c1-2-3-8-16-19-15-7-5-4-6-14(15)17(21)20(16)13-9-11-18-12-10-13;;/h4-7,13,18H,2-3,8-12H2,1H3;2*1H. The molecule has 0 spiro atoms. The van der Waals surface area contributed by atoms with Gasteiger partial charge in [0.05, 0.1) is 10.9 Å². The number of nitrogens with zero attached hydrogens (tertiary/aromatic N) is 2. The third kappa shape index (κ3) is 4.25. The molecular formula is C17H25Cl2N3O. The third-order valence-corrected chi connectivity index (χ3v) is 4.31. The van der Waals surface area contributed by atoms with Crippen LogP contribution in [-0.2, 0) is 6.42 Å². The number of piperidine rings is 1. The van der Waals surface area contributed by atoms with E-state index in [9.17, 15) is 4.79 Å². The zero-order chi connectivity index (χ0) is 14.7. The van der Waals surface area contributed by atoms with Gasteiger partial charge in [0, 0.05) is 12.5 Å². The van der Waals surface area contributed by atoms with Crippen LogP contribution in [0.3, 0.4) is 0 Å². The van der Waals surface area contributed by atoms with Gasteiger partial charge in [0.1, 0.15) is 5.82 Å². The molecule has 1 aromatic carbocycles. The molecule has 2 aromatic rings. The van der Waals surface area contributed by atoms with Crippen molar-refractivity contribution >= 4 is 35.7 Å². The Kier molecular flexibility index (Phi) is 8.03. The Bertz CT molecular complexity index is 681. The lowest BCUT2D eigenvalue weighted by Gasteiger charge is -2.27. The van der Waals surface area contributed by atoms with Crippen LogP contribution in [0.5, 0.6) is 0 Å². The third-order valence-electron chi connectivity index (χ3n) is 4.31. The molecule has 6 heteroatoms. The van der Waals surface area contributed by atoms with E-state index in [0.717, 1.165) is 61.9 Å². The maximum Gasteiger partial charge on any atom is 0.261 e. The van der Waals surface area contributed by atoms with Gasteiger partial charge in [0.2, 0.25) is 0 Å². The minimum atomic E-state index is 0. The molecule has 23 heavy (non-hydrogen) atoms. The van der Waals surface area contributed by atoms with Crippen LogP contribution in [0.1, 0.15) is 44.5 Å². The van der Waals surface area contributed by atoms with E-state index in [0.29, 0.717) is 6.04 Å². The molecule has 3 rings (SSSR count). The molecule has 0 saturated carbocycles. The molecule has 1 fully saturated rings. The first-order chi connectivity index (χ1) is 10.3. The van der Waals surface area contributed by atoms with Gasteiger partial charge in [-0.1, -0.05) is 25.5 Å². The summed E-state index contributed by atoms with van der Waals surface area (Å²) in [6.07, 6.45) is 5.11. The quantitative estimate of drug-likeness (QED) is 0.910. The highest BCUT2D eigenvalue weighted by molar-refractivity contribution is 5.85. The van der Waals surface area contributed by atoms with Crippen molar-refractivity contribution in [3.8, 4) is 0 Å². The Balaban J connectivity index is 0.00000132. The molecule has 1 aromatic heterocycles. The SMILES string of the molecule is CCCCc1nc2ccccc2c(=O)n1C1CCNCC1.Cl.Cl. The Hall–Kier alpha value is -1.10. The van der Waals surface area contributed by atoms with Crippen LogP contribution < -0.4 is 10.9 Å². The van der Waals surface area contributed by atoms with Crippen LogP contribution in [0.2, 0.25) is 0 Å². The van der Waals surface area contributed by atoms with E-state index in [1.165, 1.54) is 0 Å². The maximum atomic E-state index is 12.9. The fourth-order valence-corrected chi connectivity index (χ4v) is 3.14. The number of nitrogens with one attached hydrogen (secondary N) is 1. The smallest absolute Gasteiger partial charge is 0.261 e. The van der Waals surface area contributed by atoms with Crippen LogP contribution in [0.15, 0.2) is 29.1 Å². The molecular weight excluding hydrogens is 333 g/mol. The molecule has 1 N–H and O–H groups in total. The predicted octanol–water partition coefficient (Wildman–Crippen LogP) is 3.51. The first-order valence-corrected chi connectivity index (χ1v) is 8.02. The van der Waals surface area contributed by atoms with Crippen LogP contribution in [0, 0.1) is 0 Å². The molecule has 1 aliphatic rings. The van der Waals surface area contributed by atoms with Gasteiger partial charge < -0.3 is 5.32 Å². The van der Waals surface area contributed by atoms with Crippen molar-refractivity contribution in [2.24, 2.45) is 0 Å². The average molecular weight is 358 g/mol. The summed E-state index contributed by atoms with van der Waals surface area (Å²) >= 11 is 0. The van der Waals surface area contributed by atoms with Crippen molar-refractivity contribution in [3.63, 3.8) is 0 Å². The topological polar surface area (TPSA) is 46.9 Å². The molecule has 4 nitrogen and oxygen atoms in total. The first-order valence-electron chi connectivity index (χ1n) is 8.02. The fraction of sp³-hybridized carbons (Fsp3) is 0.529. The Labute approximate surface area is 149 Å².